The molecule has 1 saturated heterocycles. The first-order valence-corrected chi connectivity index (χ1v) is 11.3. The van der Waals surface area contributed by atoms with E-state index in [1.54, 1.807) is 26.8 Å². The van der Waals surface area contributed by atoms with Crippen LogP contribution in [0.25, 0.3) is 0 Å². The van der Waals surface area contributed by atoms with Crippen LogP contribution >= 0.6 is 0 Å². The second kappa shape index (κ2) is 9.72. The largest absolute Gasteiger partial charge is 0.454 e. The zero-order chi connectivity index (χ0) is 22.6. The third-order valence-corrected chi connectivity index (χ3v) is 6.99. The second-order valence-electron chi connectivity index (χ2n) is 7.70. The molecule has 1 aromatic carbocycles. The summed E-state index contributed by atoms with van der Waals surface area (Å²) in [6, 6.07) is 3.53. The molecule has 1 N–H and O–H groups in total. The molecule has 2 rings (SSSR count). The van der Waals surface area contributed by atoms with Gasteiger partial charge in [0.05, 0.1) is 11.0 Å². The summed E-state index contributed by atoms with van der Waals surface area (Å²) in [6.07, 6.45) is -1.07. The van der Waals surface area contributed by atoms with Crippen LogP contribution < -0.4 is 0 Å². The standard InChI is InChI=1S/C21H30N2O6S/c1-6-22(11-14(2)3)20(25)13-29-21(26)19-10-17(24)12-23(19)30(27,28)18-8-7-15(4)16(5)9-18/h7-9,17,19,24H,2,6,10-13H2,1,3-5H3. The number of sulfonamides is 1. The minimum Gasteiger partial charge on any atom is -0.454 e. The maximum absolute atomic E-state index is 13.1. The maximum atomic E-state index is 13.1. The minimum absolute atomic E-state index is 0.0483. The van der Waals surface area contributed by atoms with Crippen molar-refractivity contribution in [3.8, 4) is 0 Å². The Kier molecular flexibility index (Phi) is 7.79. The number of amides is 1. The van der Waals surface area contributed by atoms with Crippen molar-refractivity contribution in [3.63, 3.8) is 0 Å². The van der Waals surface area contributed by atoms with Crippen molar-refractivity contribution in [2.24, 2.45) is 0 Å². The average molecular weight is 439 g/mol. The molecule has 0 spiro atoms. The maximum Gasteiger partial charge on any atom is 0.325 e. The van der Waals surface area contributed by atoms with E-state index in [0.717, 1.165) is 21.0 Å². The normalized spacial score (nSPS) is 19.5. The quantitative estimate of drug-likeness (QED) is 0.486. The summed E-state index contributed by atoms with van der Waals surface area (Å²) in [5, 5.41) is 10.0. The van der Waals surface area contributed by atoms with Gasteiger partial charge < -0.3 is 14.7 Å². The van der Waals surface area contributed by atoms with Gasteiger partial charge in [0.1, 0.15) is 6.04 Å². The number of aryl methyl sites for hydroxylation is 2. The first kappa shape index (κ1) is 24.0. The Morgan fingerprint density at radius 2 is 1.97 bits per heavy atom. The van der Waals surface area contributed by atoms with Crippen LogP contribution in [-0.2, 0) is 24.3 Å². The van der Waals surface area contributed by atoms with E-state index in [9.17, 15) is 23.1 Å². The highest BCUT2D eigenvalue weighted by molar-refractivity contribution is 7.89. The lowest BCUT2D eigenvalue weighted by Crippen LogP contribution is -2.43. The van der Waals surface area contributed by atoms with E-state index in [-0.39, 0.29) is 17.9 Å². The Balaban J connectivity index is 2.15. The van der Waals surface area contributed by atoms with E-state index in [2.05, 4.69) is 6.58 Å². The van der Waals surface area contributed by atoms with Gasteiger partial charge in [-0.05, 0) is 51.0 Å². The van der Waals surface area contributed by atoms with E-state index in [4.69, 9.17) is 4.74 Å². The van der Waals surface area contributed by atoms with Crippen molar-refractivity contribution in [2.75, 3.05) is 26.2 Å². The highest BCUT2D eigenvalue weighted by Crippen LogP contribution is 2.28. The number of hydrogen-bond donors (Lipinski definition) is 1. The van der Waals surface area contributed by atoms with Gasteiger partial charge in [-0.3, -0.25) is 9.59 Å². The molecule has 8 nitrogen and oxygen atoms in total. The smallest absolute Gasteiger partial charge is 0.325 e. The second-order valence-corrected chi connectivity index (χ2v) is 9.59. The predicted molar refractivity (Wildman–Crippen MR) is 112 cm³/mol. The minimum atomic E-state index is -4.01. The van der Waals surface area contributed by atoms with Crippen LogP contribution in [0.4, 0.5) is 0 Å². The van der Waals surface area contributed by atoms with Crippen molar-refractivity contribution >= 4 is 21.9 Å². The van der Waals surface area contributed by atoms with Gasteiger partial charge in [-0.15, -0.1) is 0 Å². The average Bonchev–Trinajstić information content (AvgIpc) is 3.08. The van der Waals surface area contributed by atoms with E-state index >= 15 is 0 Å². The molecule has 0 saturated carbocycles. The summed E-state index contributed by atoms with van der Waals surface area (Å²) >= 11 is 0. The Bertz CT molecular complexity index is 927. The molecule has 1 aliphatic rings. The molecule has 30 heavy (non-hydrogen) atoms. The fraction of sp³-hybridized carbons (Fsp3) is 0.524. The van der Waals surface area contributed by atoms with Crippen molar-refractivity contribution in [3.05, 3.63) is 41.5 Å². The molecule has 9 heteroatoms. The number of ether oxygens (including phenoxy) is 1. The third kappa shape index (κ3) is 5.47. The lowest BCUT2D eigenvalue weighted by atomic mass is 10.1. The SMILES string of the molecule is C=C(C)CN(CC)C(=O)COC(=O)C1CC(O)CN1S(=O)(=O)c1ccc(C)c(C)c1. The highest BCUT2D eigenvalue weighted by atomic mass is 32.2. The summed E-state index contributed by atoms with van der Waals surface area (Å²) in [6.45, 7) is 11.1. The van der Waals surface area contributed by atoms with Crippen LogP contribution in [0.15, 0.2) is 35.2 Å². The number of carbonyl (C=O) groups is 2. The van der Waals surface area contributed by atoms with Gasteiger partial charge in [0.2, 0.25) is 10.0 Å². The molecule has 1 aliphatic heterocycles. The van der Waals surface area contributed by atoms with Gasteiger partial charge in [-0.25, -0.2) is 8.42 Å². The van der Waals surface area contributed by atoms with Crippen LogP contribution in [0.5, 0.6) is 0 Å². The number of likely N-dealkylation sites (N-methyl/N-ethyl adjacent to an activating group) is 1. The molecule has 166 valence electrons. The number of β-amino-alcohol motifs (C(OH)–C–C–N with tert-alkyl or cyclic N) is 1. The van der Waals surface area contributed by atoms with Gasteiger partial charge in [0.15, 0.2) is 6.61 Å². The summed E-state index contributed by atoms with van der Waals surface area (Å²) in [7, 11) is -4.01. The molecule has 1 fully saturated rings. The van der Waals surface area contributed by atoms with E-state index in [1.807, 2.05) is 6.92 Å². The molecule has 0 radical (unpaired) electrons. The zero-order valence-corrected chi connectivity index (χ0v) is 18.7. The molecule has 0 aromatic heterocycles. The Morgan fingerprint density at radius 1 is 1.30 bits per heavy atom. The zero-order valence-electron chi connectivity index (χ0n) is 17.9. The van der Waals surface area contributed by atoms with Crippen molar-refractivity contribution < 1.29 is 27.9 Å². The molecule has 0 aliphatic carbocycles. The molecule has 2 unspecified atom stereocenters. The number of rotatable bonds is 8. The summed E-state index contributed by atoms with van der Waals surface area (Å²) in [5.41, 5.74) is 2.54. The van der Waals surface area contributed by atoms with Gasteiger partial charge in [-0.2, -0.15) is 4.31 Å². The number of hydrogen-bond acceptors (Lipinski definition) is 6. The number of esters is 1. The predicted octanol–water partition coefficient (Wildman–Crippen LogP) is 1.40. The number of carbonyl (C=O) groups excluding carboxylic acids is 2. The summed E-state index contributed by atoms with van der Waals surface area (Å²) < 4.78 is 32.3. The summed E-state index contributed by atoms with van der Waals surface area (Å²) in [4.78, 5) is 26.4. The van der Waals surface area contributed by atoms with E-state index in [1.165, 1.54) is 17.0 Å². The van der Waals surface area contributed by atoms with Gasteiger partial charge in [0, 0.05) is 26.1 Å². The van der Waals surface area contributed by atoms with Gasteiger partial charge >= 0.3 is 5.97 Å². The Morgan fingerprint density at radius 3 is 2.53 bits per heavy atom. The topological polar surface area (TPSA) is 104 Å². The van der Waals surface area contributed by atoms with Crippen LogP contribution in [0, 0.1) is 13.8 Å². The van der Waals surface area contributed by atoms with Gasteiger partial charge in [0.25, 0.3) is 5.91 Å². The summed E-state index contributed by atoms with van der Waals surface area (Å²) in [5.74, 6) is -1.24. The third-order valence-electron chi connectivity index (χ3n) is 5.12. The fourth-order valence-electron chi connectivity index (χ4n) is 3.30. The van der Waals surface area contributed by atoms with Gasteiger partial charge in [-0.1, -0.05) is 18.2 Å². The van der Waals surface area contributed by atoms with Crippen molar-refractivity contribution in [2.45, 2.75) is 51.2 Å². The Labute approximate surface area is 178 Å². The lowest BCUT2D eigenvalue weighted by molar-refractivity contribution is -0.154. The number of aliphatic hydroxyl groups excluding tert-OH is 1. The molecular formula is C21H30N2O6S. The van der Waals surface area contributed by atoms with Crippen molar-refractivity contribution in [1.29, 1.82) is 0 Å². The van der Waals surface area contributed by atoms with Crippen LogP contribution in [0.2, 0.25) is 0 Å². The van der Waals surface area contributed by atoms with E-state index in [0.29, 0.717) is 13.1 Å². The molecule has 0 bridgehead atoms. The van der Waals surface area contributed by atoms with Crippen LogP contribution in [0.3, 0.4) is 0 Å². The van der Waals surface area contributed by atoms with Crippen LogP contribution in [0.1, 0.15) is 31.4 Å². The fourth-order valence-corrected chi connectivity index (χ4v) is 5.01. The van der Waals surface area contributed by atoms with Crippen molar-refractivity contribution in [1.82, 2.24) is 9.21 Å². The molecule has 2 atom stereocenters. The Hall–Kier alpha value is -2.23. The molecule has 1 amide bonds. The highest BCUT2D eigenvalue weighted by Gasteiger charge is 2.44. The van der Waals surface area contributed by atoms with E-state index < -0.39 is 40.7 Å². The van der Waals surface area contributed by atoms with Crippen LogP contribution in [-0.4, -0.2) is 73.0 Å². The lowest BCUT2D eigenvalue weighted by Gasteiger charge is -2.24. The number of aliphatic hydroxyl groups is 1. The monoisotopic (exact) mass is 438 g/mol. The number of nitrogens with zero attached hydrogens (tertiary/aromatic N) is 2. The molecule has 1 heterocycles. The molecular weight excluding hydrogens is 408 g/mol. The first-order chi connectivity index (χ1) is 14.0. The number of benzene rings is 1. The first-order valence-electron chi connectivity index (χ1n) is 9.83. The molecule has 1 aromatic rings.